The van der Waals surface area contributed by atoms with Crippen molar-refractivity contribution in [1.82, 2.24) is 9.97 Å². The van der Waals surface area contributed by atoms with Crippen LogP contribution in [0.25, 0.3) is 0 Å². The summed E-state index contributed by atoms with van der Waals surface area (Å²) in [5.41, 5.74) is 7.31. The number of rotatable bonds is 4. The molecule has 0 saturated heterocycles. The number of hydrogen-bond donors (Lipinski definition) is 2. The first-order chi connectivity index (χ1) is 9.20. The quantitative estimate of drug-likeness (QED) is 0.372. The van der Waals surface area contributed by atoms with Crippen LogP contribution < -0.4 is 10.6 Å². The Morgan fingerprint density at radius 2 is 2.26 bits per heavy atom. The summed E-state index contributed by atoms with van der Waals surface area (Å²) in [6.45, 7) is 0.670. The third-order valence-corrected chi connectivity index (χ3v) is 2.71. The molecule has 0 fully saturated rings. The lowest BCUT2D eigenvalue weighted by atomic mass is 10.1. The van der Waals surface area contributed by atoms with Crippen molar-refractivity contribution in [3.63, 3.8) is 0 Å². The second-order valence-corrected chi connectivity index (χ2v) is 4.11. The Morgan fingerprint density at radius 1 is 1.42 bits per heavy atom. The molecular weight excluding hydrogens is 242 g/mol. The van der Waals surface area contributed by atoms with Crippen LogP contribution in [-0.4, -0.2) is 28.1 Å². The molecule has 0 aliphatic heterocycles. The molecule has 1 heterocycles. The van der Waals surface area contributed by atoms with Crippen molar-refractivity contribution in [1.29, 1.82) is 0 Å². The third kappa shape index (κ3) is 3.19. The highest BCUT2D eigenvalue weighted by atomic mass is 16.4. The van der Waals surface area contributed by atoms with Gasteiger partial charge >= 0.3 is 0 Å². The van der Waals surface area contributed by atoms with Gasteiger partial charge in [-0.3, -0.25) is 0 Å². The molecular formula is C13H15N5O. The summed E-state index contributed by atoms with van der Waals surface area (Å²) in [5.74, 6) is 0.940. The zero-order valence-corrected chi connectivity index (χ0v) is 10.6. The van der Waals surface area contributed by atoms with Gasteiger partial charge in [0.2, 0.25) is 0 Å². The molecule has 0 radical (unpaired) electrons. The monoisotopic (exact) mass is 257 g/mol. The molecule has 0 aliphatic rings. The topological polar surface area (TPSA) is 87.6 Å². The summed E-state index contributed by atoms with van der Waals surface area (Å²) in [4.78, 5) is 10.1. The van der Waals surface area contributed by atoms with Gasteiger partial charge in [-0.25, -0.2) is 9.97 Å². The summed E-state index contributed by atoms with van der Waals surface area (Å²) >= 11 is 0. The fourth-order valence-corrected chi connectivity index (χ4v) is 1.75. The molecule has 0 amide bonds. The van der Waals surface area contributed by atoms with Crippen LogP contribution in [0.15, 0.2) is 48.0 Å². The van der Waals surface area contributed by atoms with E-state index in [1.165, 1.54) is 6.33 Å². The zero-order valence-electron chi connectivity index (χ0n) is 10.6. The summed E-state index contributed by atoms with van der Waals surface area (Å²) in [7, 11) is 1.94. The molecule has 1 aromatic heterocycles. The first-order valence-corrected chi connectivity index (χ1v) is 5.74. The SMILES string of the molecule is CN(Cc1cccc(C(N)=NO)c1)c1ccncn1. The van der Waals surface area contributed by atoms with Crippen LogP contribution in [0.5, 0.6) is 0 Å². The van der Waals surface area contributed by atoms with Crippen molar-refractivity contribution >= 4 is 11.7 Å². The van der Waals surface area contributed by atoms with Gasteiger partial charge in [0.25, 0.3) is 0 Å². The largest absolute Gasteiger partial charge is 0.409 e. The first-order valence-electron chi connectivity index (χ1n) is 5.74. The highest BCUT2D eigenvalue weighted by molar-refractivity contribution is 5.97. The predicted molar refractivity (Wildman–Crippen MR) is 73.1 cm³/mol. The minimum absolute atomic E-state index is 0.103. The van der Waals surface area contributed by atoms with E-state index in [2.05, 4.69) is 15.1 Å². The summed E-state index contributed by atoms with van der Waals surface area (Å²) in [6.07, 6.45) is 3.21. The lowest BCUT2D eigenvalue weighted by Gasteiger charge is -2.18. The summed E-state index contributed by atoms with van der Waals surface area (Å²) in [5, 5.41) is 11.7. The van der Waals surface area contributed by atoms with Crippen LogP contribution in [-0.2, 0) is 6.54 Å². The van der Waals surface area contributed by atoms with Crippen molar-refractivity contribution in [2.75, 3.05) is 11.9 Å². The Hall–Kier alpha value is -2.63. The van der Waals surface area contributed by atoms with Crippen LogP contribution in [0.4, 0.5) is 5.82 Å². The molecule has 98 valence electrons. The Kier molecular flexibility index (Phi) is 3.92. The van der Waals surface area contributed by atoms with Crippen molar-refractivity contribution < 1.29 is 5.21 Å². The number of oxime groups is 1. The van der Waals surface area contributed by atoms with Crippen LogP contribution in [0.1, 0.15) is 11.1 Å². The number of anilines is 1. The maximum Gasteiger partial charge on any atom is 0.170 e. The number of hydrogen-bond acceptors (Lipinski definition) is 5. The van der Waals surface area contributed by atoms with Gasteiger partial charge in [0, 0.05) is 25.4 Å². The molecule has 0 bridgehead atoms. The van der Waals surface area contributed by atoms with E-state index in [-0.39, 0.29) is 5.84 Å². The van der Waals surface area contributed by atoms with E-state index >= 15 is 0 Å². The molecule has 2 aromatic rings. The fraction of sp³-hybridized carbons (Fsp3) is 0.154. The standard InChI is InChI=1S/C13H15N5O/c1-18(12-5-6-15-9-16-12)8-10-3-2-4-11(7-10)13(14)17-19/h2-7,9,19H,8H2,1H3,(H2,14,17). The van der Waals surface area contributed by atoms with Crippen LogP contribution in [0.2, 0.25) is 0 Å². The number of nitrogens with zero attached hydrogens (tertiary/aromatic N) is 4. The molecule has 0 atom stereocenters. The third-order valence-electron chi connectivity index (χ3n) is 2.71. The van der Waals surface area contributed by atoms with Crippen LogP contribution in [0, 0.1) is 0 Å². The van der Waals surface area contributed by atoms with Crippen molar-refractivity contribution in [2.24, 2.45) is 10.9 Å². The predicted octanol–water partition coefficient (Wildman–Crippen LogP) is 1.21. The Balaban J connectivity index is 2.16. The zero-order chi connectivity index (χ0) is 13.7. The molecule has 0 spiro atoms. The number of nitrogens with two attached hydrogens (primary N) is 1. The van der Waals surface area contributed by atoms with Gasteiger partial charge in [0.05, 0.1) is 0 Å². The molecule has 6 heteroatoms. The van der Waals surface area contributed by atoms with Gasteiger partial charge in [-0.2, -0.15) is 0 Å². The summed E-state index contributed by atoms with van der Waals surface area (Å²) < 4.78 is 0. The van der Waals surface area contributed by atoms with Crippen molar-refractivity contribution in [2.45, 2.75) is 6.54 Å². The molecule has 0 saturated carbocycles. The van der Waals surface area contributed by atoms with E-state index < -0.39 is 0 Å². The molecule has 2 rings (SSSR count). The first kappa shape index (κ1) is 12.8. The average molecular weight is 257 g/mol. The van der Waals surface area contributed by atoms with E-state index in [0.717, 1.165) is 11.4 Å². The Bertz CT molecular complexity index is 570. The van der Waals surface area contributed by atoms with Crippen molar-refractivity contribution in [3.05, 3.63) is 54.0 Å². The van der Waals surface area contributed by atoms with Gasteiger partial charge < -0.3 is 15.8 Å². The minimum atomic E-state index is 0.103. The highest BCUT2D eigenvalue weighted by Crippen LogP contribution is 2.12. The second kappa shape index (κ2) is 5.81. The minimum Gasteiger partial charge on any atom is -0.409 e. The van der Waals surface area contributed by atoms with Crippen LogP contribution in [0.3, 0.4) is 0 Å². The maximum atomic E-state index is 8.67. The van der Waals surface area contributed by atoms with E-state index in [4.69, 9.17) is 10.9 Å². The Morgan fingerprint density at radius 3 is 2.95 bits per heavy atom. The number of aromatic nitrogens is 2. The molecule has 0 unspecified atom stereocenters. The molecule has 6 nitrogen and oxygen atoms in total. The van der Waals surface area contributed by atoms with Gasteiger partial charge in [-0.1, -0.05) is 23.4 Å². The second-order valence-electron chi connectivity index (χ2n) is 4.11. The van der Waals surface area contributed by atoms with E-state index in [1.54, 1.807) is 12.3 Å². The van der Waals surface area contributed by atoms with Gasteiger partial charge in [-0.15, -0.1) is 0 Å². The van der Waals surface area contributed by atoms with E-state index in [1.807, 2.05) is 36.2 Å². The van der Waals surface area contributed by atoms with Gasteiger partial charge in [-0.05, 0) is 17.7 Å². The van der Waals surface area contributed by atoms with Crippen LogP contribution >= 0.6 is 0 Å². The lowest BCUT2D eigenvalue weighted by molar-refractivity contribution is 0.318. The average Bonchev–Trinajstić information content (AvgIpc) is 2.47. The Labute approximate surface area is 111 Å². The summed E-state index contributed by atoms with van der Waals surface area (Å²) in [6, 6.07) is 9.37. The molecule has 3 N–H and O–H groups in total. The maximum absolute atomic E-state index is 8.67. The molecule has 19 heavy (non-hydrogen) atoms. The smallest absolute Gasteiger partial charge is 0.170 e. The number of amidine groups is 1. The number of benzene rings is 1. The fourth-order valence-electron chi connectivity index (χ4n) is 1.75. The highest BCUT2D eigenvalue weighted by Gasteiger charge is 2.05. The molecule has 0 aliphatic carbocycles. The van der Waals surface area contributed by atoms with Crippen molar-refractivity contribution in [3.8, 4) is 0 Å². The lowest BCUT2D eigenvalue weighted by Crippen LogP contribution is -2.18. The van der Waals surface area contributed by atoms with Gasteiger partial charge in [0.1, 0.15) is 12.1 Å². The normalized spacial score (nSPS) is 11.3. The molecule has 1 aromatic carbocycles. The van der Waals surface area contributed by atoms with E-state index in [0.29, 0.717) is 12.1 Å². The van der Waals surface area contributed by atoms with E-state index in [9.17, 15) is 0 Å². The van der Waals surface area contributed by atoms with Gasteiger partial charge in [0.15, 0.2) is 5.84 Å².